The van der Waals surface area contributed by atoms with Gasteiger partial charge >= 0.3 is 0 Å². The van der Waals surface area contributed by atoms with Crippen molar-refractivity contribution >= 4 is 16.9 Å². The molecule has 2 aromatic rings. The predicted molar refractivity (Wildman–Crippen MR) is 68.8 cm³/mol. The van der Waals surface area contributed by atoms with Crippen LogP contribution < -0.4 is 4.57 Å². The first-order valence-electron chi connectivity index (χ1n) is 5.79. The average Bonchev–Trinajstić information content (AvgIpc) is 2.91. The van der Waals surface area contributed by atoms with E-state index in [4.69, 9.17) is 0 Å². The van der Waals surface area contributed by atoms with Crippen molar-refractivity contribution in [2.24, 2.45) is 0 Å². The summed E-state index contributed by atoms with van der Waals surface area (Å²) in [5.74, 6) is 0.755. The summed E-state index contributed by atoms with van der Waals surface area (Å²) in [6, 6.07) is 5.88. The third-order valence-electron chi connectivity index (χ3n) is 2.44. The fraction of sp³-hybridized carbons (Fsp3) is 0.333. The van der Waals surface area contributed by atoms with E-state index in [1.54, 1.807) is 6.20 Å². The summed E-state index contributed by atoms with van der Waals surface area (Å²) in [5, 5.41) is 10.4. The number of pyridine rings is 1. The zero-order valence-electron chi connectivity index (χ0n) is 9.95. The van der Waals surface area contributed by atoms with Crippen LogP contribution in [0.15, 0.2) is 36.8 Å². The van der Waals surface area contributed by atoms with E-state index in [0.29, 0.717) is 6.42 Å². The van der Waals surface area contributed by atoms with Crippen LogP contribution in [0.1, 0.15) is 12.1 Å². The van der Waals surface area contributed by atoms with E-state index in [1.165, 1.54) is 11.8 Å². The van der Waals surface area contributed by atoms with Crippen molar-refractivity contribution < 1.29 is 9.36 Å². The van der Waals surface area contributed by atoms with Crippen LogP contribution in [0.2, 0.25) is 0 Å². The molecule has 2 aromatic heterocycles. The second-order valence-electron chi connectivity index (χ2n) is 3.80. The molecule has 0 fully saturated rings. The third-order valence-corrected chi connectivity index (χ3v) is 3.37. The van der Waals surface area contributed by atoms with Crippen LogP contribution >= 0.6 is 11.8 Å². The van der Waals surface area contributed by atoms with Gasteiger partial charge in [0.1, 0.15) is 0 Å². The van der Waals surface area contributed by atoms with Crippen LogP contribution in [0.5, 0.6) is 0 Å². The molecule has 0 bridgehead atoms. The van der Waals surface area contributed by atoms with Crippen molar-refractivity contribution in [3.05, 3.63) is 42.5 Å². The van der Waals surface area contributed by atoms with Crippen LogP contribution in [0.3, 0.4) is 0 Å². The van der Waals surface area contributed by atoms with Crippen molar-refractivity contribution in [1.82, 2.24) is 15.4 Å². The highest BCUT2D eigenvalue weighted by Gasteiger charge is 2.07. The predicted octanol–water partition coefficient (Wildman–Crippen LogP) is 0.985. The maximum Gasteiger partial charge on any atom is 0.195 e. The van der Waals surface area contributed by atoms with Crippen LogP contribution in [0, 0.1) is 0 Å². The molecule has 6 heteroatoms. The molecule has 0 aliphatic rings. The van der Waals surface area contributed by atoms with Crippen LogP contribution in [-0.2, 0) is 17.8 Å². The van der Waals surface area contributed by atoms with Gasteiger partial charge in [0.25, 0.3) is 0 Å². The molecule has 2 rings (SSSR count). The smallest absolute Gasteiger partial charge is 0.195 e. The first-order valence-corrected chi connectivity index (χ1v) is 6.77. The summed E-state index contributed by atoms with van der Waals surface area (Å²) in [5.41, 5.74) is 0.896. The lowest BCUT2D eigenvalue weighted by Gasteiger charge is -1.98. The molecule has 0 aromatic carbocycles. The quantitative estimate of drug-likeness (QED) is 0.789. The molecule has 0 saturated heterocycles. The molecule has 0 aliphatic heterocycles. The Hall–Kier alpha value is -1.69. The molecule has 2 heterocycles. The zero-order chi connectivity index (χ0) is 12.6. The average molecular weight is 263 g/mol. The largest absolute Gasteiger partial charge is 0.287 e. The summed E-state index contributed by atoms with van der Waals surface area (Å²) >= 11 is 1.36. The molecule has 0 amide bonds. The number of H-pyrrole nitrogens is 1. The topological polar surface area (TPSA) is 62.5 Å². The normalized spacial score (nSPS) is 10.4. The van der Waals surface area contributed by atoms with Crippen LogP contribution in [-0.4, -0.2) is 26.3 Å². The summed E-state index contributed by atoms with van der Waals surface area (Å²) in [7, 11) is 0. The van der Waals surface area contributed by atoms with Gasteiger partial charge in [-0.3, -0.25) is 4.79 Å². The Bertz CT molecular complexity index is 472. The number of thioether (sulfide) groups is 1. The standard InChI is InChI=1S/C12H15N4OS/c17-12(4-8-16-6-2-1-3-7-16)18-9-5-11-10-13-15-14-11/h1-3,6-7,10H,4-5,8-9H2,(H,13,14,15)/q+1. The molecule has 0 aliphatic carbocycles. The van der Waals surface area contributed by atoms with Crippen molar-refractivity contribution in [3.63, 3.8) is 0 Å². The molecular formula is C12H15N4OS+. The lowest BCUT2D eigenvalue weighted by Crippen LogP contribution is -2.33. The maximum atomic E-state index is 11.7. The van der Waals surface area contributed by atoms with Gasteiger partial charge in [-0.05, 0) is 0 Å². The lowest BCUT2D eigenvalue weighted by atomic mass is 10.4. The number of hydrogen-bond donors (Lipinski definition) is 1. The summed E-state index contributed by atoms with van der Waals surface area (Å²) in [6.45, 7) is 0.733. The lowest BCUT2D eigenvalue weighted by molar-refractivity contribution is -0.695. The Morgan fingerprint density at radius 1 is 1.33 bits per heavy atom. The fourth-order valence-electron chi connectivity index (χ4n) is 1.49. The number of nitrogens with zero attached hydrogens (tertiary/aromatic N) is 3. The van der Waals surface area contributed by atoms with Crippen LogP contribution in [0.25, 0.3) is 0 Å². The first-order chi connectivity index (χ1) is 8.84. The minimum absolute atomic E-state index is 0.217. The highest BCUT2D eigenvalue weighted by atomic mass is 32.2. The Morgan fingerprint density at radius 2 is 2.17 bits per heavy atom. The molecule has 0 unspecified atom stereocenters. The van der Waals surface area contributed by atoms with E-state index < -0.39 is 0 Å². The molecule has 18 heavy (non-hydrogen) atoms. The maximum absolute atomic E-state index is 11.7. The Labute approximate surface area is 110 Å². The number of hydrogen-bond acceptors (Lipinski definition) is 4. The highest BCUT2D eigenvalue weighted by Crippen LogP contribution is 2.07. The van der Waals surface area contributed by atoms with Gasteiger partial charge < -0.3 is 0 Å². The number of aromatic amines is 1. The number of aromatic nitrogens is 4. The zero-order valence-corrected chi connectivity index (χ0v) is 10.8. The Kier molecular flexibility index (Phi) is 4.89. The van der Waals surface area contributed by atoms with Gasteiger partial charge in [0.2, 0.25) is 0 Å². The minimum Gasteiger partial charge on any atom is -0.287 e. The second kappa shape index (κ2) is 6.90. The van der Waals surface area contributed by atoms with Crippen molar-refractivity contribution in [2.75, 3.05) is 5.75 Å². The second-order valence-corrected chi connectivity index (χ2v) is 4.95. The molecule has 94 valence electrons. The van der Waals surface area contributed by atoms with Crippen LogP contribution in [0.4, 0.5) is 0 Å². The van der Waals surface area contributed by atoms with E-state index in [1.807, 2.05) is 35.2 Å². The summed E-state index contributed by atoms with van der Waals surface area (Å²) < 4.78 is 2.01. The Balaban J connectivity index is 1.63. The third kappa shape index (κ3) is 4.29. The summed E-state index contributed by atoms with van der Waals surface area (Å²) in [6.07, 6.45) is 6.94. The molecule has 0 saturated carbocycles. The van der Waals surface area contributed by atoms with Gasteiger partial charge in [-0.1, -0.05) is 17.8 Å². The number of rotatable bonds is 6. The van der Waals surface area contributed by atoms with Gasteiger partial charge in [0.05, 0.1) is 18.3 Å². The van der Waals surface area contributed by atoms with Gasteiger partial charge in [-0.2, -0.15) is 15.4 Å². The Morgan fingerprint density at radius 3 is 2.89 bits per heavy atom. The van der Waals surface area contributed by atoms with Crippen molar-refractivity contribution in [2.45, 2.75) is 19.4 Å². The number of carbonyl (C=O) groups is 1. The van der Waals surface area contributed by atoms with Crippen molar-refractivity contribution in [3.8, 4) is 0 Å². The van der Waals surface area contributed by atoms with E-state index in [9.17, 15) is 4.79 Å². The molecular weight excluding hydrogens is 248 g/mol. The number of carbonyl (C=O) groups excluding carboxylic acids is 1. The minimum atomic E-state index is 0.217. The highest BCUT2D eigenvalue weighted by molar-refractivity contribution is 8.13. The van der Waals surface area contributed by atoms with E-state index in [0.717, 1.165) is 24.4 Å². The van der Waals surface area contributed by atoms with Crippen molar-refractivity contribution in [1.29, 1.82) is 0 Å². The van der Waals surface area contributed by atoms with Gasteiger partial charge in [-0.15, -0.1) is 0 Å². The molecule has 0 radical (unpaired) electrons. The number of aryl methyl sites for hydroxylation is 2. The summed E-state index contributed by atoms with van der Waals surface area (Å²) in [4.78, 5) is 11.7. The first kappa shape index (κ1) is 12.8. The van der Waals surface area contributed by atoms with E-state index in [-0.39, 0.29) is 5.12 Å². The molecule has 0 spiro atoms. The van der Waals surface area contributed by atoms with Gasteiger partial charge in [0.15, 0.2) is 24.1 Å². The number of nitrogens with one attached hydrogen (secondary N) is 1. The molecule has 5 nitrogen and oxygen atoms in total. The van der Waals surface area contributed by atoms with E-state index in [2.05, 4.69) is 15.4 Å². The van der Waals surface area contributed by atoms with Gasteiger partial charge in [-0.25, -0.2) is 4.57 Å². The SMILES string of the molecule is O=C(CC[n+]1ccccc1)SCCc1cn[nH]n1. The fourth-order valence-corrected chi connectivity index (χ4v) is 2.27. The van der Waals surface area contributed by atoms with Gasteiger partial charge in [0, 0.05) is 24.3 Å². The molecule has 0 atom stereocenters. The monoisotopic (exact) mass is 263 g/mol. The van der Waals surface area contributed by atoms with E-state index >= 15 is 0 Å². The molecule has 1 N–H and O–H groups in total.